The van der Waals surface area contributed by atoms with Gasteiger partial charge in [0.25, 0.3) is 0 Å². The van der Waals surface area contributed by atoms with E-state index in [2.05, 4.69) is 33.4 Å². The van der Waals surface area contributed by atoms with Gasteiger partial charge in [-0.3, -0.25) is 0 Å². The first-order valence-corrected chi connectivity index (χ1v) is 7.24. The molecule has 1 heterocycles. The van der Waals surface area contributed by atoms with Crippen LogP contribution in [0.4, 0.5) is 0 Å². The summed E-state index contributed by atoms with van der Waals surface area (Å²) >= 11 is 3.45. The topological polar surface area (TPSA) is 30.5 Å². The van der Waals surface area contributed by atoms with Gasteiger partial charge >= 0.3 is 0 Å². The zero-order valence-electron chi connectivity index (χ0n) is 10.5. The summed E-state index contributed by atoms with van der Waals surface area (Å²) in [6, 6.07) is 8.22. The molecule has 0 spiro atoms. The maximum Gasteiger partial charge on any atom is 0.0717 e. The predicted octanol–water partition coefficient (Wildman–Crippen LogP) is 2.59. The fourth-order valence-corrected chi connectivity index (χ4v) is 2.46. The largest absolute Gasteiger partial charge is 0.381 e. The number of ether oxygens (including phenoxy) is 2. The molecule has 1 aliphatic rings. The van der Waals surface area contributed by atoms with Crippen LogP contribution in [-0.2, 0) is 16.1 Å². The van der Waals surface area contributed by atoms with Gasteiger partial charge in [0.2, 0.25) is 0 Å². The highest BCUT2D eigenvalue weighted by Gasteiger charge is 2.14. The number of hydrogen-bond acceptors (Lipinski definition) is 3. The second-order valence-electron chi connectivity index (χ2n) is 4.62. The van der Waals surface area contributed by atoms with Gasteiger partial charge in [-0.1, -0.05) is 28.1 Å². The summed E-state index contributed by atoms with van der Waals surface area (Å²) in [5.74, 6) is 0.690. The standard InChI is InChI=1S/C14H20BrNO2/c15-14-3-1-2-12(8-14)10-18-7-5-16-9-13-4-6-17-11-13/h1-3,8,13,16H,4-7,9-11H2. The Morgan fingerprint density at radius 2 is 2.39 bits per heavy atom. The summed E-state index contributed by atoms with van der Waals surface area (Å²) in [5.41, 5.74) is 1.20. The molecule has 2 rings (SSSR count). The highest BCUT2D eigenvalue weighted by molar-refractivity contribution is 9.10. The van der Waals surface area contributed by atoms with Gasteiger partial charge in [0, 0.05) is 24.2 Å². The Kier molecular flexibility index (Phi) is 6.14. The SMILES string of the molecule is Brc1cccc(COCCNCC2CCOC2)c1. The third kappa shape index (κ3) is 5.06. The number of hydrogen-bond donors (Lipinski definition) is 1. The molecule has 1 unspecified atom stereocenters. The predicted molar refractivity (Wildman–Crippen MR) is 75.6 cm³/mol. The lowest BCUT2D eigenvalue weighted by Crippen LogP contribution is -2.26. The van der Waals surface area contributed by atoms with Crippen LogP contribution >= 0.6 is 15.9 Å². The second kappa shape index (κ2) is 7.89. The summed E-state index contributed by atoms with van der Waals surface area (Å²) in [7, 11) is 0. The Morgan fingerprint density at radius 1 is 1.44 bits per heavy atom. The zero-order chi connectivity index (χ0) is 12.6. The zero-order valence-corrected chi connectivity index (χ0v) is 12.1. The first-order valence-electron chi connectivity index (χ1n) is 6.45. The fourth-order valence-electron chi connectivity index (χ4n) is 2.01. The minimum atomic E-state index is 0.674. The maximum atomic E-state index is 5.62. The van der Waals surface area contributed by atoms with Gasteiger partial charge in [-0.05, 0) is 30.0 Å². The quantitative estimate of drug-likeness (QED) is 0.785. The summed E-state index contributed by atoms with van der Waals surface area (Å²) in [4.78, 5) is 0. The van der Waals surface area contributed by atoms with Gasteiger partial charge in [0.05, 0.1) is 19.8 Å². The van der Waals surface area contributed by atoms with Crippen molar-refractivity contribution in [3.8, 4) is 0 Å². The van der Waals surface area contributed by atoms with Crippen molar-refractivity contribution in [3.05, 3.63) is 34.3 Å². The van der Waals surface area contributed by atoms with Gasteiger partial charge in [-0.2, -0.15) is 0 Å². The van der Waals surface area contributed by atoms with Crippen LogP contribution in [0.2, 0.25) is 0 Å². The molecule has 0 bridgehead atoms. The van der Waals surface area contributed by atoms with E-state index in [1.807, 2.05) is 12.1 Å². The van der Waals surface area contributed by atoms with E-state index in [1.165, 1.54) is 12.0 Å². The third-order valence-electron chi connectivity index (χ3n) is 3.04. The molecule has 100 valence electrons. The minimum Gasteiger partial charge on any atom is -0.381 e. The summed E-state index contributed by atoms with van der Waals surface area (Å²) < 4.78 is 12.1. The van der Waals surface area contributed by atoms with Gasteiger partial charge in [0.15, 0.2) is 0 Å². The summed E-state index contributed by atoms with van der Waals surface area (Å²) in [6.45, 7) is 5.20. The Morgan fingerprint density at radius 3 is 3.17 bits per heavy atom. The van der Waals surface area contributed by atoms with Crippen LogP contribution in [-0.4, -0.2) is 32.9 Å². The van der Waals surface area contributed by atoms with Gasteiger partial charge in [0.1, 0.15) is 0 Å². The molecular weight excluding hydrogens is 294 g/mol. The van der Waals surface area contributed by atoms with Gasteiger partial charge in [-0.25, -0.2) is 0 Å². The van der Waals surface area contributed by atoms with E-state index in [0.717, 1.165) is 37.4 Å². The minimum absolute atomic E-state index is 0.674. The average Bonchev–Trinajstić information content (AvgIpc) is 2.87. The van der Waals surface area contributed by atoms with E-state index in [-0.39, 0.29) is 0 Å². The lowest BCUT2D eigenvalue weighted by atomic mass is 10.1. The molecule has 1 saturated heterocycles. The molecule has 1 aliphatic heterocycles. The van der Waals surface area contributed by atoms with Crippen LogP contribution < -0.4 is 5.32 Å². The van der Waals surface area contributed by atoms with Gasteiger partial charge in [-0.15, -0.1) is 0 Å². The number of benzene rings is 1. The molecule has 4 heteroatoms. The third-order valence-corrected chi connectivity index (χ3v) is 3.53. The smallest absolute Gasteiger partial charge is 0.0717 e. The molecule has 0 radical (unpaired) electrons. The lowest BCUT2D eigenvalue weighted by molar-refractivity contribution is 0.121. The molecule has 1 atom stereocenters. The molecule has 1 fully saturated rings. The molecule has 1 aromatic rings. The van der Waals surface area contributed by atoms with Crippen LogP contribution in [0.1, 0.15) is 12.0 Å². The lowest BCUT2D eigenvalue weighted by Gasteiger charge is -2.09. The molecule has 18 heavy (non-hydrogen) atoms. The van der Waals surface area contributed by atoms with Crippen molar-refractivity contribution in [3.63, 3.8) is 0 Å². The van der Waals surface area contributed by atoms with Crippen molar-refractivity contribution < 1.29 is 9.47 Å². The van der Waals surface area contributed by atoms with E-state index >= 15 is 0 Å². The van der Waals surface area contributed by atoms with Crippen molar-refractivity contribution in [2.24, 2.45) is 5.92 Å². The van der Waals surface area contributed by atoms with Gasteiger partial charge < -0.3 is 14.8 Å². The van der Waals surface area contributed by atoms with Crippen molar-refractivity contribution in [2.75, 3.05) is 32.9 Å². The average molecular weight is 314 g/mol. The Balaban J connectivity index is 1.50. The normalized spacial score (nSPS) is 19.3. The molecule has 1 aromatic carbocycles. The molecular formula is C14H20BrNO2. The van der Waals surface area contributed by atoms with Crippen molar-refractivity contribution >= 4 is 15.9 Å². The van der Waals surface area contributed by atoms with E-state index in [0.29, 0.717) is 12.5 Å². The van der Waals surface area contributed by atoms with E-state index < -0.39 is 0 Å². The molecule has 1 N–H and O–H groups in total. The Labute approximate surface area is 117 Å². The molecule has 0 saturated carbocycles. The summed E-state index contributed by atoms with van der Waals surface area (Å²) in [5, 5.41) is 3.41. The monoisotopic (exact) mass is 313 g/mol. The highest BCUT2D eigenvalue weighted by atomic mass is 79.9. The molecule has 3 nitrogen and oxygen atoms in total. The first-order chi connectivity index (χ1) is 8.84. The van der Waals surface area contributed by atoms with E-state index in [9.17, 15) is 0 Å². The number of halogens is 1. The van der Waals surface area contributed by atoms with Crippen molar-refractivity contribution in [2.45, 2.75) is 13.0 Å². The maximum absolute atomic E-state index is 5.62. The van der Waals surface area contributed by atoms with Crippen LogP contribution in [0.5, 0.6) is 0 Å². The Bertz CT molecular complexity index is 353. The van der Waals surface area contributed by atoms with Crippen LogP contribution in [0.25, 0.3) is 0 Å². The second-order valence-corrected chi connectivity index (χ2v) is 5.53. The fraction of sp³-hybridized carbons (Fsp3) is 0.571. The van der Waals surface area contributed by atoms with E-state index in [4.69, 9.17) is 9.47 Å². The Hall–Kier alpha value is -0.420. The summed E-state index contributed by atoms with van der Waals surface area (Å²) in [6.07, 6.45) is 1.19. The number of rotatable bonds is 7. The molecule has 0 aliphatic carbocycles. The molecule has 0 amide bonds. The van der Waals surface area contributed by atoms with Crippen LogP contribution in [0, 0.1) is 5.92 Å². The van der Waals surface area contributed by atoms with Crippen LogP contribution in [0.3, 0.4) is 0 Å². The first kappa shape index (κ1) is 14.0. The van der Waals surface area contributed by atoms with Crippen molar-refractivity contribution in [1.82, 2.24) is 5.32 Å². The van der Waals surface area contributed by atoms with Crippen LogP contribution in [0.15, 0.2) is 28.7 Å². The van der Waals surface area contributed by atoms with Crippen molar-refractivity contribution in [1.29, 1.82) is 0 Å². The highest BCUT2D eigenvalue weighted by Crippen LogP contribution is 2.12. The molecule has 0 aromatic heterocycles. The van der Waals surface area contributed by atoms with E-state index in [1.54, 1.807) is 0 Å². The number of nitrogens with one attached hydrogen (secondary N) is 1.